The molecule has 0 amide bonds. The third kappa shape index (κ3) is 4.45. The van der Waals surface area contributed by atoms with Crippen LogP contribution in [0.5, 0.6) is 11.5 Å². The Morgan fingerprint density at radius 3 is 2.26 bits per heavy atom. The molecule has 0 fully saturated rings. The third-order valence-corrected chi connectivity index (χ3v) is 3.97. The molecule has 0 aromatic heterocycles. The van der Waals surface area contributed by atoms with Gasteiger partial charge in [-0.15, -0.1) is 0 Å². The molecule has 2 nitrogen and oxygen atoms in total. The van der Waals surface area contributed by atoms with Gasteiger partial charge in [0.15, 0.2) is 0 Å². The highest BCUT2D eigenvalue weighted by Gasteiger charge is 2.08. The van der Waals surface area contributed by atoms with E-state index in [1.807, 2.05) is 19.1 Å². The fourth-order valence-corrected chi connectivity index (χ4v) is 2.73. The van der Waals surface area contributed by atoms with E-state index in [-0.39, 0.29) is 0 Å². The molecule has 1 aromatic carbocycles. The van der Waals surface area contributed by atoms with Crippen molar-refractivity contribution < 1.29 is 9.84 Å². The maximum absolute atomic E-state index is 10.00. The molecule has 0 radical (unpaired) electrons. The topological polar surface area (TPSA) is 29.5 Å². The van der Waals surface area contributed by atoms with Crippen molar-refractivity contribution in [3.63, 3.8) is 0 Å². The largest absolute Gasteiger partial charge is 0.508 e. The summed E-state index contributed by atoms with van der Waals surface area (Å²) in [6, 6.07) is 3.88. The van der Waals surface area contributed by atoms with Crippen molar-refractivity contribution in [2.45, 2.75) is 64.7 Å². The number of hydrogen-bond donors (Lipinski definition) is 1. The lowest BCUT2D eigenvalue weighted by Gasteiger charge is -2.13. The smallest absolute Gasteiger partial charge is 0.122 e. The number of aromatic hydroxyl groups is 1. The maximum Gasteiger partial charge on any atom is 0.122 e. The van der Waals surface area contributed by atoms with E-state index >= 15 is 0 Å². The van der Waals surface area contributed by atoms with E-state index in [1.54, 1.807) is 0 Å². The van der Waals surface area contributed by atoms with E-state index in [0.29, 0.717) is 5.75 Å². The molecule has 1 aliphatic rings. The Kier molecular flexibility index (Phi) is 5.56. The summed E-state index contributed by atoms with van der Waals surface area (Å²) in [5.41, 5.74) is 2.08. The Balaban J connectivity index is 2.07. The predicted octanol–water partition coefficient (Wildman–Crippen LogP) is 4.76. The van der Waals surface area contributed by atoms with E-state index in [1.165, 1.54) is 38.5 Å². The summed E-state index contributed by atoms with van der Waals surface area (Å²) < 4.78 is 5.87. The van der Waals surface area contributed by atoms with Gasteiger partial charge in [-0.1, -0.05) is 38.5 Å². The molecular weight excluding hydrogens is 236 g/mol. The molecule has 2 bridgehead atoms. The van der Waals surface area contributed by atoms with Gasteiger partial charge in [0.25, 0.3) is 0 Å². The van der Waals surface area contributed by atoms with Crippen LogP contribution in [0, 0.1) is 6.92 Å². The Hall–Kier alpha value is -1.18. The van der Waals surface area contributed by atoms with Gasteiger partial charge in [-0.25, -0.2) is 0 Å². The van der Waals surface area contributed by atoms with Crippen molar-refractivity contribution in [3.8, 4) is 11.5 Å². The van der Waals surface area contributed by atoms with Crippen LogP contribution in [0.25, 0.3) is 0 Å². The minimum absolute atomic E-state index is 0.428. The van der Waals surface area contributed by atoms with Crippen LogP contribution in [0.15, 0.2) is 12.1 Å². The highest BCUT2D eigenvalue weighted by molar-refractivity contribution is 5.45. The van der Waals surface area contributed by atoms with Gasteiger partial charge in [0, 0.05) is 0 Å². The Morgan fingerprint density at radius 1 is 0.895 bits per heavy atom. The maximum atomic E-state index is 10.00. The fraction of sp³-hybridized carbons (Fsp3) is 0.647. The van der Waals surface area contributed by atoms with Crippen LogP contribution < -0.4 is 4.74 Å². The number of phenolic OH excluding ortho intramolecular Hbond substituents is 1. The summed E-state index contributed by atoms with van der Waals surface area (Å²) in [5, 5.41) is 10.00. The van der Waals surface area contributed by atoms with Gasteiger partial charge in [-0.2, -0.15) is 0 Å². The zero-order valence-corrected chi connectivity index (χ0v) is 12.1. The van der Waals surface area contributed by atoms with Gasteiger partial charge in [0.1, 0.15) is 11.5 Å². The van der Waals surface area contributed by atoms with E-state index in [2.05, 4.69) is 0 Å². The third-order valence-electron chi connectivity index (χ3n) is 3.97. The van der Waals surface area contributed by atoms with Crippen LogP contribution in [0.1, 0.15) is 62.5 Å². The number of phenols is 1. The summed E-state index contributed by atoms with van der Waals surface area (Å²) in [5.74, 6) is 1.38. The van der Waals surface area contributed by atoms with Crippen molar-refractivity contribution in [3.05, 3.63) is 23.3 Å². The van der Waals surface area contributed by atoms with Crippen molar-refractivity contribution >= 4 is 0 Å². The number of ether oxygens (including phenoxy) is 1. The number of benzene rings is 1. The number of fused-ring (bicyclic) bond motifs is 2. The lowest BCUT2D eigenvalue weighted by atomic mass is 10.0. The SMILES string of the molecule is Cc1cc(O)c2cc1OCCCCCCCCCC2. The minimum atomic E-state index is 0.428. The van der Waals surface area contributed by atoms with Gasteiger partial charge in [-0.05, 0) is 49.4 Å². The first-order valence-electron chi connectivity index (χ1n) is 7.72. The molecule has 19 heavy (non-hydrogen) atoms. The second-order valence-corrected chi connectivity index (χ2v) is 5.67. The molecule has 1 aromatic rings. The normalized spacial score (nSPS) is 18.4. The summed E-state index contributed by atoms with van der Waals surface area (Å²) in [6.07, 6.45) is 11.2. The molecule has 0 unspecified atom stereocenters. The van der Waals surface area contributed by atoms with Crippen LogP contribution in [0.2, 0.25) is 0 Å². The molecule has 0 saturated carbocycles. The molecule has 0 atom stereocenters. The molecule has 2 heteroatoms. The first kappa shape index (κ1) is 14.2. The Morgan fingerprint density at radius 2 is 1.53 bits per heavy atom. The van der Waals surface area contributed by atoms with Crippen LogP contribution in [-0.2, 0) is 6.42 Å². The molecule has 0 aliphatic carbocycles. The molecule has 0 spiro atoms. The molecule has 2 rings (SSSR count). The first-order valence-corrected chi connectivity index (χ1v) is 7.72. The predicted molar refractivity (Wildman–Crippen MR) is 79.0 cm³/mol. The summed E-state index contributed by atoms with van der Waals surface area (Å²) in [6.45, 7) is 2.80. The molecule has 1 heterocycles. The van der Waals surface area contributed by atoms with E-state index < -0.39 is 0 Å². The molecule has 1 N–H and O–H groups in total. The molecule has 106 valence electrons. The average Bonchev–Trinajstić information content (AvgIpc) is 2.39. The van der Waals surface area contributed by atoms with Crippen molar-refractivity contribution in [2.24, 2.45) is 0 Å². The van der Waals surface area contributed by atoms with Gasteiger partial charge >= 0.3 is 0 Å². The van der Waals surface area contributed by atoms with Gasteiger partial charge in [-0.3, -0.25) is 0 Å². The summed E-state index contributed by atoms with van der Waals surface area (Å²) in [4.78, 5) is 0. The summed E-state index contributed by atoms with van der Waals surface area (Å²) >= 11 is 0. The first-order chi connectivity index (χ1) is 9.27. The van der Waals surface area contributed by atoms with Crippen LogP contribution in [0.3, 0.4) is 0 Å². The monoisotopic (exact) mass is 262 g/mol. The second kappa shape index (κ2) is 7.42. The van der Waals surface area contributed by atoms with Gasteiger partial charge in [0.2, 0.25) is 0 Å². The van der Waals surface area contributed by atoms with E-state index in [0.717, 1.165) is 42.7 Å². The molecule has 0 saturated heterocycles. The standard InChI is InChI=1S/C17H26O2/c1-14-12-16(18)15-10-8-6-4-2-3-5-7-9-11-19-17(14)13-15/h12-13,18H,2-11H2,1H3. The minimum Gasteiger partial charge on any atom is -0.508 e. The number of aryl methyl sites for hydroxylation is 2. The van der Waals surface area contributed by atoms with Crippen molar-refractivity contribution in [2.75, 3.05) is 6.61 Å². The lowest BCUT2D eigenvalue weighted by molar-refractivity contribution is 0.301. The van der Waals surface area contributed by atoms with Crippen molar-refractivity contribution in [1.82, 2.24) is 0 Å². The highest BCUT2D eigenvalue weighted by atomic mass is 16.5. The van der Waals surface area contributed by atoms with Crippen LogP contribution in [-0.4, -0.2) is 11.7 Å². The highest BCUT2D eigenvalue weighted by Crippen LogP contribution is 2.29. The molecule has 1 aliphatic heterocycles. The van der Waals surface area contributed by atoms with Crippen LogP contribution >= 0.6 is 0 Å². The Labute approximate surface area is 116 Å². The second-order valence-electron chi connectivity index (χ2n) is 5.67. The average molecular weight is 262 g/mol. The fourth-order valence-electron chi connectivity index (χ4n) is 2.73. The molecular formula is C17H26O2. The summed E-state index contributed by atoms with van der Waals surface area (Å²) in [7, 11) is 0. The zero-order valence-electron chi connectivity index (χ0n) is 12.1. The zero-order chi connectivity index (χ0) is 13.5. The van der Waals surface area contributed by atoms with Gasteiger partial charge < -0.3 is 9.84 Å². The van der Waals surface area contributed by atoms with Crippen LogP contribution in [0.4, 0.5) is 0 Å². The lowest BCUT2D eigenvalue weighted by Crippen LogP contribution is -2.01. The van der Waals surface area contributed by atoms with Gasteiger partial charge in [0.05, 0.1) is 6.61 Å². The van der Waals surface area contributed by atoms with E-state index in [4.69, 9.17) is 4.74 Å². The number of hydrogen-bond acceptors (Lipinski definition) is 2. The number of rotatable bonds is 0. The van der Waals surface area contributed by atoms with Crippen molar-refractivity contribution in [1.29, 1.82) is 0 Å². The quantitative estimate of drug-likeness (QED) is 0.730. The Bertz CT molecular complexity index is 365. The van der Waals surface area contributed by atoms with E-state index in [9.17, 15) is 5.11 Å².